The molecular weight excluding hydrogens is 243 g/mol. The van der Waals surface area contributed by atoms with Gasteiger partial charge in [0.05, 0.1) is 6.10 Å². The van der Waals surface area contributed by atoms with Crippen LogP contribution in [0.15, 0.2) is 30.3 Å². The molecule has 0 spiro atoms. The van der Waals surface area contributed by atoms with Crippen molar-refractivity contribution >= 4 is 0 Å². The van der Waals surface area contributed by atoms with Gasteiger partial charge in [0.25, 0.3) is 0 Å². The van der Waals surface area contributed by atoms with E-state index in [9.17, 15) is 13.2 Å². The lowest BCUT2D eigenvalue weighted by Crippen LogP contribution is -2.27. The maximum Gasteiger partial charge on any atom is 0.389 e. The van der Waals surface area contributed by atoms with Crippen molar-refractivity contribution in [1.29, 1.82) is 0 Å². The van der Waals surface area contributed by atoms with Gasteiger partial charge >= 0.3 is 6.18 Å². The van der Waals surface area contributed by atoms with E-state index in [1.165, 1.54) is 0 Å². The average molecular weight is 261 g/mol. The molecule has 2 nitrogen and oxygen atoms in total. The third kappa shape index (κ3) is 5.51. The van der Waals surface area contributed by atoms with Gasteiger partial charge in [-0.1, -0.05) is 30.3 Å². The molecule has 2 atom stereocenters. The van der Waals surface area contributed by atoms with Crippen LogP contribution < -0.4 is 5.73 Å². The summed E-state index contributed by atoms with van der Waals surface area (Å²) in [6, 6.07) is 9.02. The Morgan fingerprint density at radius 3 is 2.33 bits per heavy atom. The van der Waals surface area contributed by atoms with E-state index < -0.39 is 12.6 Å². The van der Waals surface area contributed by atoms with Crippen LogP contribution in [0.1, 0.15) is 31.4 Å². The van der Waals surface area contributed by atoms with Crippen molar-refractivity contribution in [3.05, 3.63) is 35.9 Å². The second kappa shape index (κ2) is 6.75. The first-order valence-electron chi connectivity index (χ1n) is 5.89. The molecule has 1 aromatic rings. The fraction of sp³-hybridized carbons (Fsp3) is 0.538. The van der Waals surface area contributed by atoms with Gasteiger partial charge in [-0.2, -0.15) is 13.2 Å². The molecule has 0 aliphatic heterocycles. The highest BCUT2D eigenvalue weighted by molar-refractivity contribution is 5.18. The smallest absolute Gasteiger partial charge is 0.372 e. The topological polar surface area (TPSA) is 35.2 Å². The summed E-state index contributed by atoms with van der Waals surface area (Å²) in [5.74, 6) is 0. The summed E-state index contributed by atoms with van der Waals surface area (Å²) in [7, 11) is 0. The first-order valence-corrected chi connectivity index (χ1v) is 5.89. The zero-order valence-electron chi connectivity index (χ0n) is 10.3. The summed E-state index contributed by atoms with van der Waals surface area (Å²) in [5, 5.41) is 0. The van der Waals surface area contributed by atoms with Gasteiger partial charge < -0.3 is 10.5 Å². The minimum absolute atomic E-state index is 0.0421. The van der Waals surface area contributed by atoms with Gasteiger partial charge in [0.2, 0.25) is 0 Å². The Labute approximate surface area is 105 Å². The molecule has 0 fully saturated rings. The number of ether oxygens (including phenoxy) is 1. The first-order chi connectivity index (χ1) is 8.40. The number of benzene rings is 1. The number of rotatable bonds is 6. The minimum atomic E-state index is -4.13. The van der Waals surface area contributed by atoms with Gasteiger partial charge in [-0.3, -0.25) is 0 Å². The van der Waals surface area contributed by atoms with Gasteiger partial charge in [-0.05, 0) is 18.9 Å². The number of nitrogens with two attached hydrogens (primary N) is 1. The lowest BCUT2D eigenvalue weighted by Gasteiger charge is -2.22. The van der Waals surface area contributed by atoms with Gasteiger partial charge in [0, 0.05) is 19.1 Å². The lowest BCUT2D eigenvalue weighted by atomic mass is 10.0. The van der Waals surface area contributed by atoms with Crippen molar-refractivity contribution in [1.82, 2.24) is 0 Å². The summed E-state index contributed by atoms with van der Waals surface area (Å²) in [6.07, 6.45) is -5.35. The lowest BCUT2D eigenvalue weighted by molar-refractivity contribution is -0.139. The van der Waals surface area contributed by atoms with Gasteiger partial charge in [0.15, 0.2) is 0 Å². The Morgan fingerprint density at radius 2 is 1.83 bits per heavy atom. The molecule has 0 aromatic heterocycles. The second-order valence-electron chi connectivity index (χ2n) is 4.28. The molecule has 2 unspecified atom stereocenters. The second-order valence-corrected chi connectivity index (χ2v) is 4.28. The summed E-state index contributed by atoms with van der Waals surface area (Å²) in [4.78, 5) is 0. The molecule has 1 rings (SSSR count). The molecule has 18 heavy (non-hydrogen) atoms. The van der Waals surface area contributed by atoms with Crippen LogP contribution in [0.4, 0.5) is 13.2 Å². The molecule has 0 aliphatic carbocycles. The molecule has 0 heterocycles. The van der Waals surface area contributed by atoms with E-state index in [4.69, 9.17) is 10.5 Å². The van der Waals surface area contributed by atoms with E-state index in [-0.39, 0.29) is 25.2 Å². The predicted molar refractivity (Wildman–Crippen MR) is 64.1 cm³/mol. The van der Waals surface area contributed by atoms with Crippen molar-refractivity contribution in [2.75, 3.05) is 6.61 Å². The van der Waals surface area contributed by atoms with Crippen LogP contribution in [0, 0.1) is 0 Å². The largest absolute Gasteiger partial charge is 0.389 e. The van der Waals surface area contributed by atoms with Gasteiger partial charge in [0.1, 0.15) is 0 Å². The zero-order valence-corrected chi connectivity index (χ0v) is 10.3. The monoisotopic (exact) mass is 261 g/mol. The number of alkyl halides is 3. The summed E-state index contributed by atoms with van der Waals surface area (Å²) < 4.78 is 41.4. The van der Waals surface area contributed by atoms with Crippen molar-refractivity contribution in [3.63, 3.8) is 0 Å². The fourth-order valence-corrected chi connectivity index (χ4v) is 1.68. The standard InChI is InChI=1S/C13H18F3NO/c1-10(17)12(11-6-3-2-4-7-11)18-9-5-8-13(14,15)16/h2-4,6-7,10,12H,5,8-9,17H2,1H3. The summed E-state index contributed by atoms with van der Waals surface area (Å²) in [5.41, 5.74) is 6.68. The highest BCUT2D eigenvalue weighted by atomic mass is 19.4. The average Bonchev–Trinajstić information content (AvgIpc) is 2.28. The highest BCUT2D eigenvalue weighted by Crippen LogP contribution is 2.24. The molecular formula is C13H18F3NO. The molecule has 0 saturated heterocycles. The van der Waals surface area contributed by atoms with Crippen molar-refractivity contribution < 1.29 is 17.9 Å². The molecule has 102 valence electrons. The molecule has 0 saturated carbocycles. The molecule has 5 heteroatoms. The minimum Gasteiger partial charge on any atom is -0.372 e. The molecule has 0 aliphatic rings. The molecule has 0 radical (unpaired) electrons. The van der Waals surface area contributed by atoms with Gasteiger partial charge in [-0.15, -0.1) is 0 Å². The van der Waals surface area contributed by atoms with Crippen LogP contribution >= 0.6 is 0 Å². The highest BCUT2D eigenvalue weighted by Gasteiger charge is 2.26. The molecule has 0 amide bonds. The van der Waals surface area contributed by atoms with Crippen LogP contribution in [0.3, 0.4) is 0 Å². The third-order valence-corrected chi connectivity index (χ3v) is 2.51. The summed E-state index contributed by atoms with van der Waals surface area (Å²) >= 11 is 0. The Kier molecular flexibility index (Phi) is 5.62. The van der Waals surface area contributed by atoms with Crippen LogP contribution in [-0.2, 0) is 4.74 Å². The molecule has 2 N–H and O–H groups in total. The quantitative estimate of drug-likeness (QED) is 0.796. The van der Waals surface area contributed by atoms with E-state index in [2.05, 4.69) is 0 Å². The first kappa shape index (κ1) is 15.0. The molecule has 1 aromatic carbocycles. The summed E-state index contributed by atoms with van der Waals surface area (Å²) in [6.45, 7) is 1.84. The van der Waals surface area contributed by atoms with Crippen molar-refractivity contribution in [3.8, 4) is 0 Å². The van der Waals surface area contributed by atoms with E-state index in [1.807, 2.05) is 30.3 Å². The Hall–Kier alpha value is -1.07. The number of hydrogen-bond donors (Lipinski definition) is 1. The van der Waals surface area contributed by atoms with E-state index in [0.717, 1.165) is 5.56 Å². The third-order valence-electron chi connectivity index (χ3n) is 2.51. The van der Waals surface area contributed by atoms with Crippen LogP contribution in [-0.4, -0.2) is 18.8 Å². The van der Waals surface area contributed by atoms with E-state index >= 15 is 0 Å². The van der Waals surface area contributed by atoms with Gasteiger partial charge in [-0.25, -0.2) is 0 Å². The number of halogens is 3. The SMILES string of the molecule is CC(N)C(OCCCC(F)(F)F)c1ccccc1. The van der Waals surface area contributed by atoms with Crippen LogP contribution in [0.25, 0.3) is 0 Å². The number of hydrogen-bond acceptors (Lipinski definition) is 2. The molecule has 0 bridgehead atoms. The maximum absolute atomic E-state index is 12.0. The van der Waals surface area contributed by atoms with Crippen LogP contribution in [0.5, 0.6) is 0 Å². The maximum atomic E-state index is 12.0. The Balaban J connectivity index is 2.45. The van der Waals surface area contributed by atoms with Crippen molar-refractivity contribution in [2.45, 2.75) is 38.1 Å². The van der Waals surface area contributed by atoms with Crippen molar-refractivity contribution in [2.24, 2.45) is 5.73 Å². The predicted octanol–water partition coefficient (Wildman–Crippen LogP) is 3.43. The Bertz CT molecular complexity index is 338. The normalized spacial score (nSPS) is 15.4. The van der Waals surface area contributed by atoms with Crippen LogP contribution in [0.2, 0.25) is 0 Å². The van der Waals surface area contributed by atoms with E-state index in [0.29, 0.717) is 0 Å². The Morgan fingerprint density at radius 1 is 1.22 bits per heavy atom. The van der Waals surface area contributed by atoms with E-state index in [1.54, 1.807) is 6.92 Å². The fourth-order valence-electron chi connectivity index (χ4n) is 1.68. The zero-order chi connectivity index (χ0) is 13.6.